The fourth-order valence-corrected chi connectivity index (χ4v) is 1.81. The molecule has 0 aliphatic heterocycles. The molecule has 3 nitrogen and oxygen atoms in total. The highest BCUT2D eigenvalue weighted by molar-refractivity contribution is 6.33. The number of nitrogens with one attached hydrogen (secondary N) is 1. The van der Waals surface area contributed by atoms with E-state index in [0.717, 1.165) is 12.8 Å². The number of hydrogen-bond donors (Lipinski definition) is 2. The number of carbonyl (C=O) groups excluding carboxylic acids is 1. The average molecular weight is 269 g/mol. The third-order valence-corrected chi connectivity index (χ3v) is 3.14. The molecule has 0 aromatic heterocycles. The summed E-state index contributed by atoms with van der Waals surface area (Å²) in [6.45, 7) is 6.36. The van der Waals surface area contributed by atoms with E-state index in [1.54, 1.807) is 18.2 Å². The molecule has 1 rings (SSSR count). The minimum atomic E-state index is -0.104. The van der Waals surface area contributed by atoms with Crippen LogP contribution in [-0.4, -0.2) is 11.9 Å². The van der Waals surface area contributed by atoms with Crippen LogP contribution in [0.3, 0.4) is 0 Å². The lowest BCUT2D eigenvalue weighted by molar-refractivity contribution is 0.0937. The maximum atomic E-state index is 12.0. The van der Waals surface area contributed by atoms with E-state index in [4.69, 9.17) is 17.3 Å². The van der Waals surface area contributed by atoms with Crippen LogP contribution in [0.2, 0.25) is 5.02 Å². The lowest BCUT2D eigenvalue weighted by Crippen LogP contribution is -2.32. The molecule has 1 atom stereocenters. The van der Waals surface area contributed by atoms with Gasteiger partial charge in [0.1, 0.15) is 0 Å². The quantitative estimate of drug-likeness (QED) is 0.804. The van der Waals surface area contributed by atoms with E-state index >= 15 is 0 Å². The number of halogens is 1. The number of nitrogens with two attached hydrogens (primary N) is 1. The van der Waals surface area contributed by atoms with E-state index in [9.17, 15) is 4.79 Å². The first kappa shape index (κ1) is 14.8. The van der Waals surface area contributed by atoms with Crippen molar-refractivity contribution in [1.82, 2.24) is 5.32 Å². The van der Waals surface area contributed by atoms with Gasteiger partial charge in [0.25, 0.3) is 5.91 Å². The zero-order chi connectivity index (χ0) is 13.7. The Kier molecular flexibility index (Phi) is 5.48. The van der Waals surface area contributed by atoms with Gasteiger partial charge in [0.05, 0.1) is 10.7 Å². The van der Waals surface area contributed by atoms with Crippen LogP contribution in [0.5, 0.6) is 0 Å². The van der Waals surface area contributed by atoms with Gasteiger partial charge in [-0.1, -0.05) is 25.4 Å². The minimum absolute atomic E-state index is 0.104. The second-order valence-electron chi connectivity index (χ2n) is 5.08. The van der Waals surface area contributed by atoms with Crippen LogP contribution in [0.1, 0.15) is 44.0 Å². The van der Waals surface area contributed by atoms with E-state index in [1.807, 2.05) is 6.92 Å². The Morgan fingerprint density at radius 2 is 2.00 bits per heavy atom. The van der Waals surface area contributed by atoms with Crippen LogP contribution in [0, 0.1) is 5.92 Å². The summed E-state index contributed by atoms with van der Waals surface area (Å²) in [5.41, 5.74) is 6.64. The third kappa shape index (κ3) is 4.57. The lowest BCUT2D eigenvalue weighted by atomic mass is 10.0. The van der Waals surface area contributed by atoms with E-state index in [0.29, 0.717) is 22.2 Å². The second-order valence-corrected chi connectivity index (χ2v) is 5.49. The fraction of sp³-hybridized carbons (Fsp3) is 0.500. The van der Waals surface area contributed by atoms with E-state index in [1.165, 1.54) is 0 Å². The maximum Gasteiger partial charge on any atom is 0.251 e. The van der Waals surface area contributed by atoms with Crippen LogP contribution in [0.25, 0.3) is 0 Å². The normalized spacial score (nSPS) is 12.5. The van der Waals surface area contributed by atoms with E-state index in [2.05, 4.69) is 19.2 Å². The Labute approximate surface area is 114 Å². The van der Waals surface area contributed by atoms with Gasteiger partial charge >= 0.3 is 0 Å². The van der Waals surface area contributed by atoms with E-state index in [-0.39, 0.29) is 11.9 Å². The van der Waals surface area contributed by atoms with Gasteiger partial charge in [0.2, 0.25) is 0 Å². The molecule has 0 radical (unpaired) electrons. The molecule has 0 heterocycles. The third-order valence-electron chi connectivity index (χ3n) is 2.82. The van der Waals surface area contributed by atoms with Crippen molar-refractivity contribution in [2.24, 2.45) is 5.92 Å². The molecule has 0 aliphatic carbocycles. The maximum absolute atomic E-state index is 12.0. The Balaban J connectivity index is 2.56. The molecule has 100 valence electrons. The van der Waals surface area contributed by atoms with Crippen molar-refractivity contribution in [3.63, 3.8) is 0 Å². The molecule has 1 amide bonds. The summed E-state index contributed by atoms with van der Waals surface area (Å²) < 4.78 is 0. The molecule has 1 aromatic rings. The fourth-order valence-electron chi connectivity index (χ4n) is 1.63. The number of benzene rings is 1. The van der Waals surface area contributed by atoms with Gasteiger partial charge in [-0.3, -0.25) is 4.79 Å². The van der Waals surface area contributed by atoms with Crippen LogP contribution >= 0.6 is 11.6 Å². The molecular weight excluding hydrogens is 248 g/mol. The number of rotatable bonds is 5. The lowest BCUT2D eigenvalue weighted by Gasteiger charge is -2.15. The first-order valence-electron chi connectivity index (χ1n) is 6.26. The highest BCUT2D eigenvalue weighted by Gasteiger charge is 2.11. The predicted molar refractivity (Wildman–Crippen MR) is 76.9 cm³/mol. The van der Waals surface area contributed by atoms with Gasteiger partial charge < -0.3 is 11.1 Å². The Morgan fingerprint density at radius 1 is 1.33 bits per heavy atom. The van der Waals surface area contributed by atoms with Gasteiger partial charge in [-0.25, -0.2) is 0 Å². The number of anilines is 1. The topological polar surface area (TPSA) is 55.1 Å². The van der Waals surface area contributed by atoms with Gasteiger partial charge in [0, 0.05) is 11.6 Å². The smallest absolute Gasteiger partial charge is 0.251 e. The number of nitrogen functional groups attached to an aromatic ring is 1. The summed E-state index contributed by atoms with van der Waals surface area (Å²) >= 11 is 5.89. The van der Waals surface area contributed by atoms with Crippen LogP contribution in [0.15, 0.2) is 18.2 Å². The largest absolute Gasteiger partial charge is 0.398 e. The summed E-state index contributed by atoms with van der Waals surface area (Å²) in [6.07, 6.45) is 2.08. The van der Waals surface area contributed by atoms with Crippen molar-refractivity contribution in [2.75, 3.05) is 5.73 Å². The van der Waals surface area contributed by atoms with E-state index < -0.39 is 0 Å². The first-order valence-corrected chi connectivity index (χ1v) is 6.64. The molecule has 0 spiro atoms. The number of amides is 1. The molecule has 0 aliphatic rings. The average Bonchev–Trinajstić information content (AvgIpc) is 2.30. The van der Waals surface area contributed by atoms with Crippen molar-refractivity contribution in [2.45, 2.75) is 39.7 Å². The van der Waals surface area contributed by atoms with Crippen LogP contribution in [0.4, 0.5) is 5.69 Å². The molecule has 0 bridgehead atoms. The highest BCUT2D eigenvalue weighted by Crippen LogP contribution is 2.19. The summed E-state index contributed by atoms with van der Waals surface area (Å²) in [5.74, 6) is 0.545. The Morgan fingerprint density at radius 3 is 2.56 bits per heavy atom. The molecule has 18 heavy (non-hydrogen) atoms. The van der Waals surface area contributed by atoms with Gasteiger partial charge in [-0.15, -0.1) is 0 Å². The minimum Gasteiger partial charge on any atom is -0.398 e. The summed E-state index contributed by atoms with van der Waals surface area (Å²) in [5, 5.41) is 3.37. The summed E-state index contributed by atoms with van der Waals surface area (Å²) in [6, 6.07) is 5.10. The Hall–Kier alpha value is -1.22. The molecule has 4 heteroatoms. The van der Waals surface area contributed by atoms with Crippen molar-refractivity contribution in [3.8, 4) is 0 Å². The second kappa shape index (κ2) is 6.64. The summed E-state index contributed by atoms with van der Waals surface area (Å²) in [4.78, 5) is 12.0. The predicted octanol–water partition coefficient (Wildman–Crippen LogP) is 3.48. The van der Waals surface area contributed by atoms with Crippen molar-refractivity contribution >= 4 is 23.2 Å². The van der Waals surface area contributed by atoms with Crippen molar-refractivity contribution in [3.05, 3.63) is 28.8 Å². The SMILES string of the molecule is CC(C)CCC(C)NC(=O)c1ccc(N)c(Cl)c1. The Bertz CT molecular complexity index is 418. The van der Waals surface area contributed by atoms with Gasteiger partial charge in [-0.2, -0.15) is 0 Å². The number of hydrogen-bond acceptors (Lipinski definition) is 2. The first-order chi connectivity index (χ1) is 8.40. The zero-order valence-corrected chi connectivity index (χ0v) is 11.9. The van der Waals surface area contributed by atoms with Crippen LogP contribution in [-0.2, 0) is 0 Å². The van der Waals surface area contributed by atoms with Crippen LogP contribution < -0.4 is 11.1 Å². The highest BCUT2D eigenvalue weighted by atomic mass is 35.5. The molecule has 1 aromatic carbocycles. The van der Waals surface area contributed by atoms with Gasteiger partial charge in [-0.05, 0) is 43.9 Å². The van der Waals surface area contributed by atoms with Crippen molar-refractivity contribution < 1.29 is 4.79 Å². The molecule has 0 saturated heterocycles. The van der Waals surface area contributed by atoms with Gasteiger partial charge in [0.15, 0.2) is 0 Å². The summed E-state index contributed by atoms with van der Waals surface area (Å²) in [7, 11) is 0. The standard InChI is InChI=1S/C14H21ClN2O/c1-9(2)4-5-10(3)17-14(18)11-6-7-13(16)12(15)8-11/h6-10H,4-5,16H2,1-3H3,(H,17,18). The number of carbonyl (C=O) groups is 1. The molecule has 3 N–H and O–H groups in total. The molecule has 0 saturated carbocycles. The molecular formula is C14H21ClN2O. The molecule has 1 unspecified atom stereocenters. The molecule has 0 fully saturated rings. The zero-order valence-electron chi connectivity index (χ0n) is 11.2. The monoisotopic (exact) mass is 268 g/mol. The van der Waals surface area contributed by atoms with Crippen molar-refractivity contribution in [1.29, 1.82) is 0 Å².